The molecule has 1 heterocycles. The molecule has 2 amide bonds. The fourth-order valence-corrected chi connectivity index (χ4v) is 4.56. The van der Waals surface area contributed by atoms with Crippen molar-refractivity contribution in [2.75, 3.05) is 18.4 Å². The van der Waals surface area contributed by atoms with Crippen LogP contribution in [0.25, 0.3) is 0 Å². The molecule has 3 N–H and O–H groups in total. The van der Waals surface area contributed by atoms with E-state index < -0.39 is 0 Å². The molecule has 0 unspecified atom stereocenters. The van der Waals surface area contributed by atoms with Crippen LogP contribution in [0.5, 0.6) is 0 Å². The summed E-state index contributed by atoms with van der Waals surface area (Å²) < 4.78 is 13.0. The Hall–Kier alpha value is -2.73. The average Bonchev–Trinajstić information content (AvgIpc) is 3.19. The number of benzene rings is 2. The normalized spacial score (nSPS) is 23.3. The molecule has 152 valence electrons. The number of amides is 2. The predicted octanol–water partition coefficient (Wildman–Crippen LogP) is 3.47. The van der Waals surface area contributed by atoms with Crippen molar-refractivity contribution in [2.45, 2.75) is 32.2 Å². The van der Waals surface area contributed by atoms with Crippen molar-refractivity contribution in [2.24, 2.45) is 11.3 Å². The van der Waals surface area contributed by atoms with Gasteiger partial charge in [0.1, 0.15) is 5.82 Å². The monoisotopic (exact) mass is 395 g/mol. The molecule has 6 heteroatoms. The second-order valence-electron chi connectivity index (χ2n) is 8.07. The zero-order valence-corrected chi connectivity index (χ0v) is 16.3. The molecule has 0 aromatic heterocycles. The lowest BCUT2D eigenvalue weighted by Crippen LogP contribution is -2.47. The fraction of sp³-hybridized carbons (Fsp3) is 0.391. The highest BCUT2D eigenvalue weighted by Gasteiger charge is 2.49. The molecule has 2 aliphatic rings. The number of hydrogen-bond acceptors (Lipinski definition) is 3. The highest BCUT2D eigenvalue weighted by atomic mass is 19.1. The Morgan fingerprint density at radius 3 is 2.59 bits per heavy atom. The van der Waals surface area contributed by atoms with Gasteiger partial charge in [-0.3, -0.25) is 9.59 Å². The first-order valence-corrected chi connectivity index (χ1v) is 10.2. The van der Waals surface area contributed by atoms with Gasteiger partial charge in [-0.1, -0.05) is 25.0 Å². The maximum absolute atomic E-state index is 13.0. The molecule has 2 aromatic carbocycles. The summed E-state index contributed by atoms with van der Waals surface area (Å²) in [6.07, 6.45) is 4.42. The number of fused-ring (bicyclic) bond motifs is 1. The first kappa shape index (κ1) is 19.6. The molecule has 2 aromatic rings. The standard InChI is InChI=1S/C23H26FN3O2/c24-19-8-6-17(7-9-19)21(28)27-20-10-4-16(5-11-20)13-26-22(29)23-12-2-1-3-18(23)14-25-15-23/h4-11,18,25H,1-3,12-15H2,(H,26,29)(H,27,28)/t18-,23+/m0/s1. The highest BCUT2D eigenvalue weighted by molar-refractivity contribution is 6.04. The quantitative estimate of drug-likeness (QED) is 0.726. The maximum atomic E-state index is 13.0. The lowest BCUT2D eigenvalue weighted by atomic mass is 9.67. The Kier molecular flexibility index (Phi) is 5.62. The van der Waals surface area contributed by atoms with E-state index in [0.717, 1.165) is 37.9 Å². The van der Waals surface area contributed by atoms with Gasteiger partial charge in [0.2, 0.25) is 5.91 Å². The van der Waals surface area contributed by atoms with Crippen molar-refractivity contribution in [1.82, 2.24) is 10.6 Å². The lowest BCUT2D eigenvalue weighted by molar-refractivity contribution is -0.134. The summed E-state index contributed by atoms with van der Waals surface area (Å²) in [4.78, 5) is 25.1. The zero-order valence-electron chi connectivity index (χ0n) is 16.3. The molecule has 29 heavy (non-hydrogen) atoms. The molecule has 0 spiro atoms. The van der Waals surface area contributed by atoms with E-state index >= 15 is 0 Å². The molecule has 1 aliphatic heterocycles. The first-order chi connectivity index (χ1) is 14.1. The van der Waals surface area contributed by atoms with E-state index in [1.54, 1.807) is 0 Å². The third kappa shape index (κ3) is 4.17. The third-order valence-corrected chi connectivity index (χ3v) is 6.26. The lowest BCUT2D eigenvalue weighted by Gasteiger charge is -2.37. The van der Waals surface area contributed by atoms with Gasteiger partial charge in [0.15, 0.2) is 0 Å². The van der Waals surface area contributed by atoms with E-state index in [2.05, 4.69) is 16.0 Å². The first-order valence-electron chi connectivity index (χ1n) is 10.2. The molecule has 0 bridgehead atoms. The summed E-state index contributed by atoms with van der Waals surface area (Å²) in [5.41, 5.74) is 1.78. The van der Waals surface area contributed by atoms with Crippen LogP contribution in [0.1, 0.15) is 41.6 Å². The minimum absolute atomic E-state index is 0.154. The summed E-state index contributed by atoms with van der Waals surface area (Å²) in [6, 6.07) is 12.8. The van der Waals surface area contributed by atoms with Gasteiger partial charge in [-0.15, -0.1) is 0 Å². The van der Waals surface area contributed by atoms with Crippen LogP contribution in [0, 0.1) is 17.2 Å². The summed E-state index contributed by atoms with van der Waals surface area (Å²) in [7, 11) is 0. The van der Waals surface area contributed by atoms with Crippen molar-refractivity contribution in [3.05, 3.63) is 65.5 Å². The van der Waals surface area contributed by atoms with Gasteiger partial charge in [0, 0.05) is 24.3 Å². The number of anilines is 1. The maximum Gasteiger partial charge on any atom is 0.255 e. The number of nitrogens with one attached hydrogen (secondary N) is 3. The van der Waals surface area contributed by atoms with Crippen LogP contribution >= 0.6 is 0 Å². The number of carbonyl (C=O) groups excluding carboxylic acids is 2. The van der Waals surface area contributed by atoms with Crippen LogP contribution in [0.15, 0.2) is 48.5 Å². The number of halogens is 1. The number of hydrogen-bond donors (Lipinski definition) is 3. The van der Waals surface area contributed by atoms with Gasteiger partial charge in [0.25, 0.3) is 5.91 Å². The van der Waals surface area contributed by atoms with Gasteiger partial charge >= 0.3 is 0 Å². The molecule has 0 radical (unpaired) electrons. The Balaban J connectivity index is 1.33. The Labute approximate surface area is 170 Å². The minimum Gasteiger partial charge on any atom is -0.351 e. The molecular weight excluding hydrogens is 369 g/mol. The van der Waals surface area contributed by atoms with Crippen molar-refractivity contribution in [3.8, 4) is 0 Å². The Morgan fingerprint density at radius 2 is 1.83 bits per heavy atom. The van der Waals surface area contributed by atoms with Gasteiger partial charge in [0.05, 0.1) is 5.41 Å². The van der Waals surface area contributed by atoms with E-state index in [-0.39, 0.29) is 23.0 Å². The minimum atomic E-state index is -0.375. The predicted molar refractivity (Wildman–Crippen MR) is 110 cm³/mol. The number of rotatable bonds is 5. The molecule has 1 saturated carbocycles. The molecule has 4 rings (SSSR count). The topological polar surface area (TPSA) is 70.2 Å². The second kappa shape index (κ2) is 8.33. The van der Waals surface area contributed by atoms with E-state index in [1.807, 2.05) is 24.3 Å². The van der Waals surface area contributed by atoms with Gasteiger partial charge in [-0.25, -0.2) is 4.39 Å². The molecule has 2 fully saturated rings. The van der Waals surface area contributed by atoms with Gasteiger partial charge < -0.3 is 16.0 Å². The van der Waals surface area contributed by atoms with E-state index in [9.17, 15) is 14.0 Å². The highest BCUT2D eigenvalue weighted by Crippen LogP contribution is 2.43. The average molecular weight is 395 g/mol. The molecule has 1 saturated heterocycles. The van der Waals surface area contributed by atoms with Crippen LogP contribution in [0.4, 0.5) is 10.1 Å². The Bertz CT molecular complexity index is 882. The van der Waals surface area contributed by atoms with Crippen molar-refractivity contribution >= 4 is 17.5 Å². The van der Waals surface area contributed by atoms with Crippen LogP contribution < -0.4 is 16.0 Å². The molecule has 5 nitrogen and oxygen atoms in total. The summed E-state index contributed by atoms with van der Waals surface area (Å²) >= 11 is 0. The van der Waals surface area contributed by atoms with Gasteiger partial charge in [-0.05, 0) is 67.3 Å². The molecular formula is C23H26FN3O2. The second-order valence-corrected chi connectivity index (χ2v) is 8.07. The van der Waals surface area contributed by atoms with Crippen LogP contribution in [0.3, 0.4) is 0 Å². The van der Waals surface area contributed by atoms with Crippen molar-refractivity contribution in [3.63, 3.8) is 0 Å². The Morgan fingerprint density at radius 1 is 1.07 bits per heavy atom. The summed E-state index contributed by atoms with van der Waals surface area (Å²) in [6.45, 7) is 2.19. The zero-order chi connectivity index (χ0) is 20.3. The SMILES string of the molecule is O=C(Nc1ccc(CNC(=O)[C@@]23CCCC[C@H]2CNC3)cc1)c1ccc(F)cc1. The smallest absolute Gasteiger partial charge is 0.255 e. The third-order valence-electron chi connectivity index (χ3n) is 6.26. The van der Waals surface area contributed by atoms with Crippen LogP contribution in [-0.4, -0.2) is 24.9 Å². The van der Waals surface area contributed by atoms with E-state index in [0.29, 0.717) is 23.7 Å². The van der Waals surface area contributed by atoms with Crippen LogP contribution in [0.2, 0.25) is 0 Å². The molecule has 1 aliphatic carbocycles. The van der Waals surface area contributed by atoms with Crippen molar-refractivity contribution < 1.29 is 14.0 Å². The van der Waals surface area contributed by atoms with Crippen LogP contribution in [-0.2, 0) is 11.3 Å². The van der Waals surface area contributed by atoms with E-state index in [1.165, 1.54) is 30.7 Å². The van der Waals surface area contributed by atoms with E-state index in [4.69, 9.17) is 0 Å². The van der Waals surface area contributed by atoms with Gasteiger partial charge in [-0.2, -0.15) is 0 Å². The molecule has 2 atom stereocenters. The summed E-state index contributed by atoms with van der Waals surface area (Å²) in [5, 5.41) is 9.32. The number of carbonyl (C=O) groups is 2. The summed E-state index contributed by atoms with van der Waals surface area (Å²) in [5.74, 6) is -0.0659. The fourth-order valence-electron chi connectivity index (χ4n) is 4.56. The van der Waals surface area contributed by atoms with Crippen molar-refractivity contribution in [1.29, 1.82) is 0 Å². The largest absolute Gasteiger partial charge is 0.351 e.